The van der Waals surface area contributed by atoms with Gasteiger partial charge in [-0.2, -0.15) is 0 Å². The second-order valence-electron chi connectivity index (χ2n) is 5.55. The van der Waals surface area contributed by atoms with E-state index in [2.05, 4.69) is 16.0 Å². The van der Waals surface area contributed by atoms with Crippen molar-refractivity contribution in [1.29, 1.82) is 0 Å². The summed E-state index contributed by atoms with van der Waals surface area (Å²) in [7, 11) is 4.50. The van der Waals surface area contributed by atoms with Crippen molar-refractivity contribution >= 4 is 29.2 Å². The smallest absolute Gasteiger partial charge is 0.319 e. The van der Waals surface area contributed by atoms with Gasteiger partial charge in [0.15, 0.2) is 0 Å². The predicted molar refractivity (Wildman–Crippen MR) is 107 cm³/mol. The number of halogens is 1. The first-order valence-electron chi connectivity index (χ1n) is 8.37. The van der Waals surface area contributed by atoms with Crippen LogP contribution in [0, 0.1) is 0 Å². The average Bonchev–Trinajstić information content (AvgIpc) is 2.72. The quantitative estimate of drug-likeness (QED) is 0.584. The predicted octanol–water partition coefficient (Wildman–Crippen LogP) is 2.92. The number of benzene rings is 2. The lowest BCUT2D eigenvalue weighted by Crippen LogP contribution is -2.36. The number of nitrogens with one attached hydrogen (secondary N) is 3. The van der Waals surface area contributed by atoms with Gasteiger partial charge in [-0.3, -0.25) is 4.79 Å². The first kappa shape index (κ1) is 21.2. The Morgan fingerprint density at radius 3 is 2.14 bits per heavy atom. The molecule has 0 aliphatic rings. The average molecular weight is 408 g/mol. The molecule has 0 aliphatic heterocycles. The second kappa shape index (κ2) is 10.3. The third-order valence-electron chi connectivity index (χ3n) is 3.77. The molecule has 2 aromatic rings. The number of hydrogen-bond acceptors (Lipinski definition) is 5. The van der Waals surface area contributed by atoms with E-state index in [4.69, 9.17) is 25.8 Å². The van der Waals surface area contributed by atoms with Crippen molar-refractivity contribution < 1.29 is 23.8 Å². The zero-order valence-electron chi connectivity index (χ0n) is 15.8. The molecule has 0 heterocycles. The minimum atomic E-state index is -0.457. The molecular formula is C19H22ClN3O5. The number of amides is 3. The number of carbonyl (C=O) groups is 2. The van der Waals surface area contributed by atoms with Crippen LogP contribution in [0.1, 0.15) is 10.4 Å². The van der Waals surface area contributed by atoms with Gasteiger partial charge in [0.05, 0.1) is 32.0 Å². The van der Waals surface area contributed by atoms with Gasteiger partial charge in [0, 0.05) is 30.8 Å². The third-order valence-corrected chi connectivity index (χ3v) is 4.07. The summed E-state index contributed by atoms with van der Waals surface area (Å²) in [5.41, 5.74) is 0.909. The maximum absolute atomic E-state index is 12.1. The molecule has 0 saturated heterocycles. The third kappa shape index (κ3) is 5.68. The van der Waals surface area contributed by atoms with Crippen LogP contribution in [0.2, 0.25) is 5.02 Å². The van der Waals surface area contributed by atoms with Crippen LogP contribution in [0.4, 0.5) is 10.5 Å². The van der Waals surface area contributed by atoms with Gasteiger partial charge >= 0.3 is 6.03 Å². The molecule has 9 heteroatoms. The molecule has 2 rings (SSSR count). The van der Waals surface area contributed by atoms with Gasteiger partial charge in [0.1, 0.15) is 17.2 Å². The number of urea groups is 1. The molecule has 0 spiro atoms. The zero-order valence-corrected chi connectivity index (χ0v) is 16.6. The van der Waals surface area contributed by atoms with Gasteiger partial charge in [0.25, 0.3) is 5.91 Å². The minimum Gasteiger partial charge on any atom is -0.497 e. The molecule has 0 saturated carbocycles. The number of methoxy groups -OCH3 is 3. The van der Waals surface area contributed by atoms with Crippen molar-refractivity contribution in [2.45, 2.75) is 0 Å². The van der Waals surface area contributed by atoms with E-state index in [0.717, 1.165) is 0 Å². The number of rotatable bonds is 8. The van der Waals surface area contributed by atoms with E-state index >= 15 is 0 Å². The molecule has 0 aliphatic carbocycles. The Morgan fingerprint density at radius 2 is 1.54 bits per heavy atom. The highest BCUT2D eigenvalue weighted by molar-refractivity contribution is 6.32. The van der Waals surface area contributed by atoms with Crippen LogP contribution >= 0.6 is 11.6 Å². The fourth-order valence-corrected chi connectivity index (χ4v) is 2.55. The Morgan fingerprint density at radius 1 is 0.893 bits per heavy atom. The lowest BCUT2D eigenvalue weighted by atomic mass is 10.2. The van der Waals surface area contributed by atoms with E-state index in [1.807, 2.05) is 0 Å². The van der Waals surface area contributed by atoms with E-state index in [-0.39, 0.29) is 19.0 Å². The van der Waals surface area contributed by atoms with E-state index in [1.165, 1.54) is 14.2 Å². The van der Waals surface area contributed by atoms with Crippen LogP contribution in [-0.2, 0) is 0 Å². The summed E-state index contributed by atoms with van der Waals surface area (Å²) in [4.78, 5) is 24.1. The zero-order chi connectivity index (χ0) is 20.5. The monoisotopic (exact) mass is 407 g/mol. The highest BCUT2D eigenvalue weighted by Gasteiger charge is 2.12. The highest BCUT2D eigenvalue weighted by Crippen LogP contribution is 2.35. The molecule has 28 heavy (non-hydrogen) atoms. The standard InChI is InChI=1S/C19H22ClN3O5/c1-26-13-6-4-12(5-7-13)18(24)21-8-9-22-19(25)23-15-11-16(27-2)14(20)10-17(15)28-3/h4-7,10-11H,8-9H2,1-3H3,(H,21,24)(H2,22,23,25). The molecular weight excluding hydrogens is 386 g/mol. The van der Waals surface area contributed by atoms with Gasteiger partial charge in [-0.05, 0) is 24.3 Å². The Balaban J connectivity index is 1.82. The SMILES string of the molecule is COc1ccc(C(=O)NCCNC(=O)Nc2cc(OC)c(Cl)cc2OC)cc1. The summed E-state index contributed by atoms with van der Waals surface area (Å²) in [6.45, 7) is 0.500. The van der Waals surface area contributed by atoms with Crippen LogP contribution in [0.5, 0.6) is 17.2 Å². The Kier molecular flexibility index (Phi) is 7.76. The van der Waals surface area contributed by atoms with Gasteiger partial charge in [-0.25, -0.2) is 4.79 Å². The van der Waals surface area contributed by atoms with Crippen LogP contribution in [0.25, 0.3) is 0 Å². The molecule has 0 aromatic heterocycles. The van der Waals surface area contributed by atoms with Crippen LogP contribution in [0.3, 0.4) is 0 Å². The molecule has 0 radical (unpaired) electrons. The van der Waals surface area contributed by atoms with Crippen LogP contribution in [-0.4, -0.2) is 46.4 Å². The molecule has 8 nitrogen and oxygen atoms in total. The Hall–Kier alpha value is -3.13. The summed E-state index contributed by atoms with van der Waals surface area (Å²) < 4.78 is 15.4. The molecule has 3 amide bonds. The molecule has 2 aromatic carbocycles. The maximum Gasteiger partial charge on any atom is 0.319 e. The molecule has 0 atom stereocenters. The lowest BCUT2D eigenvalue weighted by molar-refractivity contribution is 0.0954. The summed E-state index contributed by atoms with van der Waals surface area (Å²) in [5, 5.41) is 8.39. The topological polar surface area (TPSA) is 97.9 Å². The number of ether oxygens (including phenoxy) is 3. The fraction of sp³-hybridized carbons (Fsp3) is 0.263. The van der Waals surface area contributed by atoms with E-state index in [9.17, 15) is 9.59 Å². The van der Waals surface area contributed by atoms with Crippen molar-refractivity contribution in [2.24, 2.45) is 0 Å². The van der Waals surface area contributed by atoms with Crippen molar-refractivity contribution in [3.63, 3.8) is 0 Å². The first-order valence-corrected chi connectivity index (χ1v) is 8.75. The van der Waals surface area contributed by atoms with E-state index in [0.29, 0.717) is 33.5 Å². The van der Waals surface area contributed by atoms with Crippen molar-refractivity contribution in [3.8, 4) is 17.2 Å². The number of anilines is 1. The number of carbonyl (C=O) groups excluding carboxylic acids is 2. The normalized spacial score (nSPS) is 10.0. The summed E-state index contributed by atoms with van der Waals surface area (Å²) in [5.74, 6) is 1.23. The van der Waals surface area contributed by atoms with Gasteiger partial charge in [-0.1, -0.05) is 11.6 Å². The molecule has 3 N–H and O–H groups in total. The first-order chi connectivity index (χ1) is 13.5. The summed E-state index contributed by atoms with van der Waals surface area (Å²) in [6.07, 6.45) is 0. The van der Waals surface area contributed by atoms with Crippen molar-refractivity contribution in [2.75, 3.05) is 39.7 Å². The van der Waals surface area contributed by atoms with E-state index < -0.39 is 6.03 Å². The summed E-state index contributed by atoms with van der Waals surface area (Å²) >= 11 is 6.04. The molecule has 0 bridgehead atoms. The van der Waals surface area contributed by atoms with Crippen molar-refractivity contribution in [1.82, 2.24) is 10.6 Å². The largest absolute Gasteiger partial charge is 0.497 e. The van der Waals surface area contributed by atoms with Gasteiger partial charge in [-0.15, -0.1) is 0 Å². The van der Waals surface area contributed by atoms with Gasteiger partial charge in [0.2, 0.25) is 0 Å². The maximum atomic E-state index is 12.1. The molecule has 0 unspecified atom stereocenters. The number of hydrogen-bond donors (Lipinski definition) is 3. The Bertz CT molecular complexity index is 827. The Labute approximate surface area is 168 Å². The molecule has 150 valence electrons. The van der Waals surface area contributed by atoms with Crippen molar-refractivity contribution in [3.05, 3.63) is 47.0 Å². The van der Waals surface area contributed by atoms with Crippen LogP contribution in [0.15, 0.2) is 36.4 Å². The fourth-order valence-electron chi connectivity index (χ4n) is 2.32. The van der Waals surface area contributed by atoms with E-state index in [1.54, 1.807) is 43.5 Å². The minimum absolute atomic E-state index is 0.237. The molecule has 0 fully saturated rings. The second-order valence-corrected chi connectivity index (χ2v) is 5.96. The van der Waals surface area contributed by atoms with Crippen LogP contribution < -0.4 is 30.2 Å². The summed E-state index contributed by atoms with van der Waals surface area (Å²) in [6, 6.07) is 9.38. The lowest BCUT2D eigenvalue weighted by Gasteiger charge is -2.14. The highest BCUT2D eigenvalue weighted by atomic mass is 35.5. The van der Waals surface area contributed by atoms with Gasteiger partial charge < -0.3 is 30.2 Å².